The Labute approximate surface area is 108 Å². The Balaban J connectivity index is 2.02. The number of allylic oxidation sites excluding steroid dienone is 1. The Morgan fingerprint density at radius 1 is 1.35 bits per heavy atom. The van der Waals surface area contributed by atoms with Crippen LogP contribution >= 0.6 is 23.1 Å². The molecule has 0 saturated carbocycles. The molecular formula is C13H10O2S2. The molecule has 17 heavy (non-hydrogen) atoms. The summed E-state index contributed by atoms with van der Waals surface area (Å²) in [6.45, 7) is -0.125. The van der Waals surface area contributed by atoms with Crippen molar-refractivity contribution in [3.05, 3.63) is 32.9 Å². The summed E-state index contributed by atoms with van der Waals surface area (Å²) in [6, 6.07) is 3.79. The van der Waals surface area contributed by atoms with Gasteiger partial charge in [0.1, 0.15) is 6.61 Å². The van der Waals surface area contributed by atoms with Crippen molar-refractivity contribution < 1.29 is 10.2 Å². The van der Waals surface area contributed by atoms with Gasteiger partial charge in [-0.3, -0.25) is 0 Å². The first-order valence-corrected chi connectivity index (χ1v) is 6.82. The van der Waals surface area contributed by atoms with Crippen molar-refractivity contribution in [1.82, 2.24) is 0 Å². The van der Waals surface area contributed by atoms with Crippen LogP contribution in [0, 0.1) is 23.7 Å². The van der Waals surface area contributed by atoms with Gasteiger partial charge in [-0.15, -0.1) is 23.1 Å². The summed E-state index contributed by atoms with van der Waals surface area (Å²) in [4.78, 5) is 2.77. The second-order valence-corrected chi connectivity index (χ2v) is 5.44. The molecule has 2 N–H and O–H groups in total. The molecule has 2 rings (SSSR count). The third-order valence-corrected chi connectivity index (χ3v) is 4.16. The summed E-state index contributed by atoms with van der Waals surface area (Å²) in [5, 5.41) is 17.9. The Morgan fingerprint density at radius 2 is 2.12 bits per heavy atom. The van der Waals surface area contributed by atoms with Crippen LogP contribution < -0.4 is 0 Å². The van der Waals surface area contributed by atoms with Gasteiger partial charge in [-0.1, -0.05) is 23.7 Å². The lowest BCUT2D eigenvalue weighted by atomic mass is 10.3. The van der Waals surface area contributed by atoms with Gasteiger partial charge in [0.2, 0.25) is 0 Å². The quantitative estimate of drug-likeness (QED) is 0.695. The van der Waals surface area contributed by atoms with Gasteiger partial charge in [0, 0.05) is 16.7 Å². The van der Waals surface area contributed by atoms with E-state index in [0.717, 1.165) is 20.4 Å². The molecular weight excluding hydrogens is 252 g/mol. The van der Waals surface area contributed by atoms with Crippen LogP contribution in [0.4, 0.5) is 0 Å². The summed E-state index contributed by atoms with van der Waals surface area (Å²) in [6.07, 6.45) is 1.45. The smallest absolute Gasteiger partial charge is 0.104 e. The zero-order chi connectivity index (χ0) is 12.1. The molecule has 0 spiro atoms. The third kappa shape index (κ3) is 3.39. The fourth-order valence-electron chi connectivity index (χ4n) is 1.17. The molecule has 0 aromatic carbocycles. The van der Waals surface area contributed by atoms with Crippen molar-refractivity contribution in [1.29, 1.82) is 0 Å². The number of aliphatic hydroxyl groups is 2. The number of hydrogen-bond acceptors (Lipinski definition) is 4. The summed E-state index contributed by atoms with van der Waals surface area (Å²) in [5.41, 5.74) is 0. The summed E-state index contributed by atoms with van der Waals surface area (Å²) in [7, 11) is 0. The molecule has 1 fully saturated rings. The van der Waals surface area contributed by atoms with E-state index in [0.29, 0.717) is 0 Å². The first kappa shape index (κ1) is 12.3. The van der Waals surface area contributed by atoms with Crippen molar-refractivity contribution in [2.75, 3.05) is 12.4 Å². The zero-order valence-corrected chi connectivity index (χ0v) is 10.6. The zero-order valence-electron chi connectivity index (χ0n) is 8.93. The lowest BCUT2D eigenvalue weighted by Crippen LogP contribution is -2.21. The average Bonchev–Trinajstić information content (AvgIpc) is 2.78. The van der Waals surface area contributed by atoms with Crippen LogP contribution in [-0.2, 0) is 0 Å². The highest BCUT2D eigenvalue weighted by Crippen LogP contribution is 2.32. The molecule has 2 nitrogen and oxygen atoms in total. The molecule has 1 aromatic heterocycles. The molecule has 1 aliphatic rings. The molecule has 86 valence electrons. The Kier molecular flexibility index (Phi) is 4.30. The van der Waals surface area contributed by atoms with Crippen molar-refractivity contribution in [2.45, 2.75) is 6.10 Å². The first-order chi connectivity index (χ1) is 8.29. The maximum atomic E-state index is 9.31. The highest BCUT2D eigenvalue weighted by atomic mass is 32.2. The maximum absolute atomic E-state index is 9.31. The molecule has 4 heteroatoms. The van der Waals surface area contributed by atoms with E-state index in [9.17, 15) is 5.11 Å². The van der Waals surface area contributed by atoms with Gasteiger partial charge in [-0.2, -0.15) is 0 Å². The van der Waals surface area contributed by atoms with Crippen LogP contribution in [0.15, 0.2) is 23.1 Å². The highest BCUT2D eigenvalue weighted by molar-refractivity contribution is 8.04. The lowest BCUT2D eigenvalue weighted by molar-refractivity contribution is 0.236. The fraction of sp³-hybridized carbons (Fsp3) is 0.231. The molecule has 0 amide bonds. The molecule has 1 atom stereocenters. The standard InChI is InChI=1S/C13H10O2S2/c14-8-2-4-11-7-6-10(17-11)3-1-5-13-12(15)9-16-13/h5-7,12,14-15H,8-9H2/t12-/m0/s1. The van der Waals surface area contributed by atoms with Crippen LogP contribution in [0.3, 0.4) is 0 Å². The van der Waals surface area contributed by atoms with E-state index >= 15 is 0 Å². The maximum Gasteiger partial charge on any atom is 0.104 e. The number of aliphatic hydroxyl groups excluding tert-OH is 2. The van der Waals surface area contributed by atoms with E-state index < -0.39 is 0 Å². The van der Waals surface area contributed by atoms with Gasteiger partial charge in [0.25, 0.3) is 0 Å². The van der Waals surface area contributed by atoms with Gasteiger partial charge < -0.3 is 10.2 Å². The topological polar surface area (TPSA) is 40.5 Å². The molecule has 1 aliphatic heterocycles. The number of rotatable bonds is 0. The second kappa shape index (κ2) is 5.95. The normalized spacial score (nSPS) is 19.9. The summed E-state index contributed by atoms with van der Waals surface area (Å²) >= 11 is 3.12. The summed E-state index contributed by atoms with van der Waals surface area (Å²) < 4.78 is 0. The van der Waals surface area contributed by atoms with E-state index in [1.54, 1.807) is 17.8 Å². The van der Waals surface area contributed by atoms with E-state index in [1.165, 1.54) is 11.3 Å². The van der Waals surface area contributed by atoms with E-state index in [2.05, 4.69) is 23.7 Å². The van der Waals surface area contributed by atoms with Crippen molar-refractivity contribution in [3.8, 4) is 23.7 Å². The molecule has 0 unspecified atom stereocenters. The minimum atomic E-state index is -0.316. The third-order valence-electron chi connectivity index (χ3n) is 2.04. The molecule has 0 radical (unpaired) electrons. The molecule has 0 bridgehead atoms. The van der Waals surface area contributed by atoms with Gasteiger partial charge in [0.05, 0.1) is 15.9 Å². The van der Waals surface area contributed by atoms with Gasteiger partial charge >= 0.3 is 0 Å². The minimum Gasteiger partial charge on any atom is -0.387 e. The predicted molar refractivity (Wildman–Crippen MR) is 71.7 cm³/mol. The second-order valence-electron chi connectivity index (χ2n) is 3.27. The molecule has 1 aromatic rings. The monoisotopic (exact) mass is 262 g/mol. The van der Waals surface area contributed by atoms with Crippen LogP contribution in [-0.4, -0.2) is 28.7 Å². The van der Waals surface area contributed by atoms with Crippen LogP contribution in [0.5, 0.6) is 0 Å². The Hall–Kier alpha value is -1.17. The SMILES string of the molecule is OCC#Cc1ccc(C#CC=C2SC[C@@H]2O)s1. The largest absolute Gasteiger partial charge is 0.387 e. The molecule has 0 aliphatic carbocycles. The number of hydrogen-bond donors (Lipinski definition) is 2. The fourth-order valence-corrected chi connectivity index (χ4v) is 2.56. The van der Waals surface area contributed by atoms with Crippen molar-refractivity contribution in [3.63, 3.8) is 0 Å². The number of thiophene rings is 1. The van der Waals surface area contributed by atoms with Crippen LogP contribution in [0.1, 0.15) is 9.75 Å². The van der Waals surface area contributed by atoms with Crippen LogP contribution in [0.25, 0.3) is 0 Å². The van der Waals surface area contributed by atoms with Crippen molar-refractivity contribution in [2.24, 2.45) is 0 Å². The van der Waals surface area contributed by atoms with E-state index in [-0.39, 0.29) is 12.7 Å². The number of thioether (sulfide) groups is 1. The van der Waals surface area contributed by atoms with Gasteiger partial charge in [0.15, 0.2) is 0 Å². The molecule has 2 heterocycles. The lowest BCUT2D eigenvalue weighted by Gasteiger charge is -2.22. The Bertz CT molecular complexity index is 549. The minimum absolute atomic E-state index is 0.125. The highest BCUT2D eigenvalue weighted by Gasteiger charge is 2.21. The predicted octanol–water partition coefficient (Wildman–Crippen LogP) is 1.43. The van der Waals surface area contributed by atoms with Gasteiger partial charge in [-0.25, -0.2) is 0 Å². The van der Waals surface area contributed by atoms with Gasteiger partial charge in [-0.05, 0) is 12.1 Å². The van der Waals surface area contributed by atoms with Crippen molar-refractivity contribution >= 4 is 23.1 Å². The van der Waals surface area contributed by atoms with Crippen LogP contribution in [0.2, 0.25) is 0 Å². The average molecular weight is 262 g/mol. The summed E-state index contributed by atoms with van der Waals surface area (Å²) in [5.74, 6) is 12.1. The Morgan fingerprint density at radius 3 is 2.71 bits per heavy atom. The van der Waals surface area contributed by atoms with E-state index in [4.69, 9.17) is 5.11 Å². The first-order valence-electron chi connectivity index (χ1n) is 5.01. The molecule has 1 saturated heterocycles. The van der Waals surface area contributed by atoms with E-state index in [1.807, 2.05) is 12.1 Å².